The number of nitrogens with zero attached hydrogens (tertiary/aromatic N) is 3. The van der Waals surface area contributed by atoms with Crippen LogP contribution in [0, 0.1) is 18.3 Å². The standard InChI is InChI=1S/C21H14Cl4N4O/c1-12-15(20(25)29(28-12)11-13-5-2-3-6-16(13)22)9-14(10-26)21(30)27-19-17(23)7-4-8-18(19)24/h2-9H,11H2,1H3,(H,27,30)/b14-9+. The van der Waals surface area contributed by atoms with Crippen molar-refractivity contribution in [2.75, 3.05) is 5.32 Å². The molecule has 0 aliphatic heterocycles. The van der Waals surface area contributed by atoms with E-state index in [1.54, 1.807) is 35.9 Å². The number of aromatic nitrogens is 2. The second-order valence-electron chi connectivity index (χ2n) is 6.26. The zero-order valence-electron chi connectivity index (χ0n) is 15.6. The Labute approximate surface area is 193 Å². The van der Waals surface area contributed by atoms with Gasteiger partial charge in [0.2, 0.25) is 0 Å². The number of hydrogen-bond donors (Lipinski definition) is 1. The first-order valence-electron chi connectivity index (χ1n) is 8.65. The van der Waals surface area contributed by atoms with Crippen molar-refractivity contribution in [3.8, 4) is 6.07 Å². The lowest BCUT2D eigenvalue weighted by molar-refractivity contribution is -0.112. The van der Waals surface area contributed by atoms with Crippen LogP contribution in [0.15, 0.2) is 48.0 Å². The summed E-state index contributed by atoms with van der Waals surface area (Å²) >= 11 is 24.8. The summed E-state index contributed by atoms with van der Waals surface area (Å²) in [5.74, 6) is -0.665. The third-order valence-corrected chi connectivity index (χ3v) is 5.64. The molecule has 3 aromatic rings. The number of amides is 1. The number of para-hydroxylation sites is 1. The van der Waals surface area contributed by atoms with Crippen molar-refractivity contribution in [2.45, 2.75) is 13.5 Å². The van der Waals surface area contributed by atoms with Crippen LogP contribution < -0.4 is 5.32 Å². The van der Waals surface area contributed by atoms with Crippen LogP contribution in [0.3, 0.4) is 0 Å². The van der Waals surface area contributed by atoms with Gasteiger partial charge in [-0.1, -0.05) is 70.7 Å². The third-order valence-electron chi connectivity index (χ3n) is 4.24. The van der Waals surface area contributed by atoms with Crippen molar-refractivity contribution in [3.05, 3.63) is 85.1 Å². The summed E-state index contributed by atoms with van der Waals surface area (Å²) in [6.45, 7) is 2.08. The normalized spacial score (nSPS) is 11.3. The Bertz CT molecular complexity index is 1170. The molecular formula is C21H14Cl4N4O. The van der Waals surface area contributed by atoms with Gasteiger partial charge in [0.25, 0.3) is 5.91 Å². The van der Waals surface area contributed by atoms with Gasteiger partial charge in [-0.15, -0.1) is 0 Å². The van der Waals surface area contributed by atoms with E-state index >= 15 is 0 Å². The largest absolute Gasteiger partial charge is 0.319 e. The summed E-state index contributed by atoms with van der Waals surface area (Å²) in [5.41, 5.74) is 1.91. The zero-order chi connectivity index (χ0) is 21.8. The van der Waals surface area contributed by atoms with E-state index in [1.807, 2.05) is 24.3 Å². The highest BCUT2D eigenvalue weighted by Gasteiger charge is 2.18. The van der Waals surface area contributed by atoms with Crippen LogP contribution in [-0.2, 0) is 11.3 Å². The van der Waals surface area contributed by atoms with Crippen molar-refractivity contribution in [1.82, 2.24) is 9.78 Å². The molecule has 30 heavy (non-hydrogen) atoms. The van der Waals surface area contributed by atoms with Gasteiger partial charge in [-0.05, 0) is 36.8 Å². The Morgan fingerprint density at radius 1 is 1.10 bits per heavy atom. The third kappa shape index (κ3) is 4.80. The molecule has 0 saturated heterocycles. The number of carbonyl (C=O) groups excluding carboxylic acids is 1. The summed E-state index contributed by atoms with van der Waals surface area (Å²) in [4.78, 5) is 12.6. The Kier molecular flexibility index (Phi) is 7.06. The maximum Gasteiger partial charge on any atom is 0.266 e. The summed E-state index contributed by atoms with van der Waals surface area (Å²) in [5, 5.41) is 17.9. The molecule has 0 aliphatic rings. The number of carbonyl (C=O) groups is 1. The number of benzene rings is 2. The summed E-state index contributed by atoms with van der Waals surface area (Å²) in [7, 11) is 0. The monoisotopic (exact) mass is 478 g/mol. The van der Waals surface area contributed by atoms with Crippen LogP contribution in [0.4, 0.5) is 5.69 Å². The lowest BCUT2D eigenvalue weighted by Crippen LogP contribution is -2.14. The number of aryl methyl sites for hydroxylation is 1. The van der Waals surface area contributed by atoms with Crippen LogP contribution in [0.1, 0.15) is 16.8 Å². The molecule has 152 valence electrons. The molecule has 2 aromatic carbocycles. The van der Waals surface area contributed by atoms with Crippen molar-refractivity contribution in [3.63, 3.8) is 0 Å². The van der Waals surface area contributed by atoms with Gasteiger partial charge >= 0.3 is 0 Å². The summed E-state index contributed by atoms with van der Waals surface area (Å²) < 4.78 is 1.56. The van der Waals surface area contributed by atoms with Crippen LogP contribution in [0.5, 0.6) is 0 Å². The predicted molar refractivity (Wildman–Crippen MR) is 121 cm³/mol. The molecule has 1 heterocycles. The molecule has 1 amide bonds. The number of anilines is 1. The topological polar surface area (TPSA) is 70.7 Å². The highest BCUT2D eigenvalue weighted by atomic mass is 35.5. The highest BCUT2D eigenvalue weighted by molar-refractivity contribution is 6.40. The molecular weight excluding hydrogens is 466 g/mol. The van der Waals surface area contributed by atoms with E-state index in [-0.39, 0.29) is 26.5 Å². The van der Waals surface area contributed by atoms with Crippen LogP contribution >= 0.6 is 46.4 Å². The van der Waals surface area contributed by atoms with Gasteiger partial charge < -0.3 is 5.32 Å². The summed E-state index contributed by atoms with van der Waals surface area (Å²) in [6.07, 6.45) is 1.38. The van der Waals surface area contributed by atoms with E-state index in [1.165, 1.54) is 6.08 Å². The minimum Gasteiger partial charge on any atom is -0.319 e. The lowest BCUT2D eigenvalue weighted by Gasteiger charge is -2.08. The van der Waals surface area contributed by atoms with Crippen molar-refractivity contribution >= 4 is 64.1 Å². The fraction of sp³-hybridized carbons (Fsp3) is 0.0952. The molecule has 5 nitrogen and oxygen atoms in total. The predicted octanol–water partition coefficient (Wildman–Crippen LogP) is 6.40. The van der Waals surface area contributed by atoms with E-state index in [0.717, 1.165) is 5.56 Å². The fourth-order valence-corrected chi connectivity index (χ4v) is 3.69. The number of nitriles is 1. The molecule has 0 spiro atoms. The Hall–Kier alpha value is -2.49. The molecule has 0 radical (unpaired) electrons. The maximum absolute atomic E-state index is 12.6. The second kappa shape index (κ2) is 9.55. The molecule has 0 saturated carbocycles. The fourth-order valence-electron chi connectivity index (χ4n) is 2.71. The first kappa shape index (κ1) is 22.2. The van der Waals surface area contributed by atoms with Gasteiger partial charge in [-0.25, -0.2) is 4.68 Å². The molecule has 9 heteroatoms. The molecule has 3 rings (SSSR count). The Morgan fingerprint density at radius 3 is 2.37 bits per heavy atom. The number of halogens is 4. The number of nitrogens with one attached hydrogen (secondary N) is 1. The minimum atomic E-state index is -0.665. The van der Waals surface area contributed by atoms with Gasteiger partial charge in [0, 0.05) is 10.6 Å². The Morgan fingerprint density at radius 2 is 1.73 bits per heavy atom. The quantitative estimate of drug-likeness (QED) is 0.340. The van der Waals surface area contributed by atoms with Crippen LogP contribution in [0.25, 0.3) is 6.08 Å². The molecule has 0 bridgehead atoms. The molecule has 1 aromatic heterocycles. The Balaban J connectivity index is 1.91. The first-order chi connectivity index (χ1) is 14.3. The van der Waals surface area contributed by atoms with Gasteiger partial charge in [-0.3, -0.25) is 4.79 Å². The van der Waals surface area contributed by atoms with Crippen LogP contribution in [-0.4, -0.2) is 15.7 Å². The van der Waals surface area contributed by atoms with E-state index < -0.39 is 5.91 Å². The minimum absolute atomic E-state index is 0.173. The van der Waals surface area contributed by atoms with Crippen molar-refractivity contribution < 1.29 is 4.79 Å². The van der Waals surface area contributed by atoms with Gasteiger partial charge in [0.05, 0.1) is 28.0 Å². The van der Waals surface area contributed by atoms with Crippen molar-refractivity contribution in [2.24, 2.45) is 0 Å². The zero-order valence-corrected chi connectivity index (χ0v) is 18.6. The first-order valence-corrected chi connectivity index (χ1v) is 10.2. The van der Waals surface area contributed by atoms with E-state index in [4.69, 9.17) is 46.4 Å². The highest BCUT2D eigenvalue weighted by Crippen LogP contribution is 2.31. The van der Waals surface area contributed by atoms with Gasteiger partial charge in [0.15, 0.2) is 0 Å². The smallest absolute Gasteiger partial charge is 0.266 e. The van der Waals surface area contributed by atoms with E-state index in [2.05, 4.69) is 10.4 Å². The number of rotatable bonds is 5. The lowest BCUT2D eigenvalue weighted by atomic mass is 10.1. The SMILES string of the molecule is Cc1nn(Cc2ccccc2Cl)c(Cl)c1/C=C(\C#N)C(=O)Nc1c(Cl)cccc1Cl. The van der Waals surface area contributed by atoms with Gasteiger partial charge in [-0.2, -0.15) is 10.4 Å². The second-order valence-corrected chi connectivity index (χ2v) is 7.84. The molecule has 0 unspecified atom stereocenters. The van der Waals surface area contributed by atoms with E-state index in [9.17, 15) is 10.1 Å². The molecule has 0 aliphatic carbocycles. The molecule has 0 atom stereocenters. The molecule has 0 fully saturated rings. The number of hydrogen-bond acceptors (Lipinski definition) is 3. The maximum atomic E-state index is 12.6. The van der Waals surface area contributed by atoms with Crippen molar-refractivity contribution in [1.29, 1.82) is 5.26 Å². The van der Waals surface area contributed by atoms with Crippen LogP contribution in [0.2, 0.25) is 20.2 Å². The average molecular weight is 480 g/mol. The van der Waals surface area contributed by atoms with Gasteiger partial charge in [0.1, 0.15) is 16.8 Å². The van der Waals surface area contributed by atoms with E-state index in [0.29, 0.717) is 22.8 Å². The molecule has 1 N–H and O–H groups in total. The average Bonchev–Trinajstić information content (AvgIpc) is 2.97. The summed E-state index contributed by atoms with van der Waals surface area (Å²) in [6, 6.07) is 14.0.